The van der Waals surface area contributed by atoms with Gasteiger partial charge in [0.1, 0.15) is 29.7 Å². The molecule has 1 aromatic carbocycles. The van der Waals surface area contributed by atoms with Gasteiger partial charge in [-0.25, -0.2) is 0 Å². The highest BCUT2D eigenvalue weighted by Crippen LogP contribution is 2.18. The molecular formula is C15H13ClN4O2S. The molecule has 0 aliphatic carbocycles. The van der Waals surface area contributed by atoms with Crippen molar-refractivity contribution in [1.29, 1.82) is 0 Å². The highest BCUT2D eigenvalue weighted by atomic mass is 35.5. The molecule has 0 saturated carbocycles. The number of nitrogens with one attached hydrogen (secondary N) is 1. The zero-order valence-corrected chi connectivity index (χ0v) is 13.8. The first-order chi connectivity index (χ1) is 11.1. The quantitative estimate of drug-likeness (QED) is 0.559. The summed E-state index contributed by atoms with van der Waals surface area (Å²) in [5.41, 5.74) is 0. The summed E-state index contributed by atoms with van der Waals surface area (Å²) in [6, 6.07) is 10.8. The summed E-state index contributed by atoms with van der Waals surface area (Å²) >= 11 is 11.0. The molecule has 0 bridgehead atoms. The molecule has 0 aliphatic rings. The second-order valence-corrected chi connectivity index (χ2v) is 5.51. The standard InChI is InChI=1S/C15H13ClN4O2S/c1-10-18-19-15(23)20(10)17-8-13-5-6-14(22-13)9-21-12-4-2-3-11(16)7-12/h2-8H,9H2,1H3,(H,19,23)/b17-8+. The molecule has 0 aliphatic heterocycles. The van der Waals surface area contributed by atoms with E-state index < -0.39 is 0 Å². The van der Waals surface area contributed by atoms with Crippen LogP contribution in [0.4, 0.5) is 0 Å². The minimum absolute atomic E-state index is 0.304. The number of H-pyrrole nitrogens is 1. The van der Waals surface area contributed by atoms with Crippen LogP contribution < -0.4 is 4.74 Å². The van der Waals surface area contributed by atoms with Gasteiger partial charge < -0.3 is 9.15 Å². The maximum absolute atomic E-state index is 5.91. The van der Waals surface area contributed by atoms with Gasteiger partial charge in [-0.2, -0.15) is 14.9 Å². The molecule has 2 aromatic heterocycles. The Morgan fingerprint density at radius 1 is 1.43 bits per heavy atom. The fourth-order valence-corrected chi connectivity index (χ4v) is 2.28. The molecule has 0 spiro atoms. The molecule has 23 heavy (non-hydrogen) atoms. The molecule has 0 radical (unpaired) electrons. The van der Waals surface area contributed by atoms with Crippen LogP contribution >= 0.6 is 23.8 Å². The SMILES string of the molecule is Cc1n[nH]c(=S)n1/N=C/c1ccc(COc2cccc(Cl)c2)o1. The third-order valence-corrected chi connectivity index (χ3v) is 3.47. The Morgan fingerprint density at radius 2 is 2.30 bits per heavy atom. The van der Waals surface area contributed by atoms with E-state index in [4.69, 9.17) is 33.0 Å². The molecule has 118 valence electrons. The van der Waals surface area contributed by atoms with Crippen molar-refractivity contribution < 1.29 is 9.15 Å². The Morgan fingerprint density at radius 3 is 3.04 bits per heavy atom. The monoisotopic (exact) mass is 348 g/mol. The summed E-state index contributed by atoms with van der Waals surface area (Å²) in [5.74, 6) is 2.63. The van der Waals surface area contributed by atoms with Crippen LogP contribution in [0.1, 0.15) is 17.3 Å². The number of ether oxygens (including phenoxy) is 1. The lowest BCUT2D eigenvalue weighted by Gasteiger charge is -2.03. The molecule has 3 rings (SSSR count). The molecule has 2 heterocycles. The predicted molar refractivity (Wildman–Crippen MR) is 89.6 cm³/mol. The molecule has 0 unspecified atom stereocenters. The van der Waals surface area contributed by atoms with Crippen molar-refractivity contribution in [2.75, 3.05) is 0 Å². The molecule has 0 atom stereocenters. The fourth-order valence-electron chi connectivity index (χ4n) is 1.87. The van der Waals surface area contributed by atoms with Gasteiger partial charge in [0.25, 0.3) is 0 Å². The zero-order valence-electron chi connectivity index (χ0n) is 12.2. The van der Waals surface area contributed by atoms with Crippen LogP contribution in [0.2, 0.25) is 5.02 Å². The molecule has 3 aromatic rings. The Bertz CT molecular complexity index is 897. The number of hydrogen-bond acceptors (Lipinski definition) is 5. The molecule has 0 fully saturated rings. The van der Waals surface area contributed by atoms with Gasteiger partial charge in [0.05, 0.1) is 6.21 Å². The minimum atomic E-state index is 0.304. The van der Waals surface area contributed by atoms with E-state index >= 15 is 0 Å². The second-order valence-electron chi connectivity index (χ2n) is 4.68. The van der Waals surface area contributed by atoms with Gasteiger partial charge in [0, 0.05) is 5.02 Å². The first-order valence-corrected chi connectivity index (χ1v) is 7.56. The van der Waals surface area contributed by atoms with Crippen LogP contribution in [0.5, 0.6) is 5.75 Å². The van der Waals surface area contributed by atoms with E-state index in [-0.39, 0.29) is 0 Å². The highest BCUT2D eigenvalue weighted by Gasteiger charge is 2.03. The highest BCUT2D eigenvalue weighted by molar-refractivity contribution is 7.71. The largest absolute Gasteiger partial charge is 0.486 e. The Balaban J connectivity index is 1.65. The second kappa shape index (κ2) is 6.80. The third kappa shape index (κ3) is 3.88. The number of hydrogen-bond donors (Lipinski definition) is 1. The van der Waals surface area contributed by atoms with Crippen LogP contribution in [0, 0.1) is 11.7 Å². The van der Waals surface area contributed by atoms with Crippen molar-refractivity contribution >= 4 is 30.0 Å². The Hall–Kier alpha value is -2.38. The summed E-state index contributed by atoms with van der Waals surface area (Å²) in [6.07, 6.45) is 1.57. The molecule has 0 saturated heterocycles. The van der Waals surface area contributed by atoms with Gasteiger partial charge in [-0.1, -0.05) is 17.7 Å². The maximum Gasteiger partial charge on any atom is 0.216 e. The zero-order chi connectivity index (χ0) is 16.2. The normalized spacial score (nSPS) is 11.2. The minimum Gasteiger partial charge on any atom is -0.486 e. The number of halogens is 1. The van der Waals surface area contributed by atoms with E-state index in [9.17, 15) is 0 Å². The van der Waals surface area contributed by atoms with Crippen LogP contribution in [0.3, 0.4) is 0 Å². The van der Waals surface area contributed by atoms with Crippen molar-refractivity contribution in [2.24, 2.45) is 5.10 Å². The fraction of sp³-hybridized carbons (Fsp3) is 0.133. The average molecular weight is 349 g/mol. The van der Waals surface area contributed by atoms with Gasteiger partial charge in [0.2, 0.25) is 4.77 Å². The van der Waals surface area contributed by atoms with Crippen LogP contribution in [0.25, 0.3) is 0 Å². The predicted octanol–water partition coefficient (Wildman–Crippen LogP) is 3.96. The summed E-state index contributed by atoms with van der Waals surface area (Å²) in [4.78, 5) is 0. The first-order valence-electron chi connectivity index (χ1n) is 6.77. The first kappa shape index (κ1) is 15.5. The number of benzene rings is 1. The summed E-state index contributed by atoms with van der Waals surface area (Å²) < 4.78 is 13.2. The molecular weight excluding hydrogens is 336 g/mol. The summed E-state index contributed by atoms with van der Waals surface area (Å²) in [7, 11) is 0. The van der Waals surface area contributed by atoms with E-state index in [1.807, 2.05) is 18.2 Å². The smallest absolute Gasteiger partial charge is 0.216 e. The lowest BCUT2D eigenvalue weighted by molar-refractivity contribution is 0.270. The third-order valence-electron chi connectivity index (χ3n) is 2.97. The molecule has 1 N–H and O–H groups in total. The number of furan rings is 1. The average Bonchev–Trinajstić information content (AvgIpc) is 3.11. The summed E-state index contributed by atoms with van der Waals surface area (Å²) in [5, 5.41) is 11.5. The number of nitrogens with zero attached hydrogens (tertiary/aromatic N) is 3. The van der Waals surface area contributed by atoms with Crippen molar-refractivity contribution in [2.45, 2.75) is 13.5 Å². The Kier molecular flexibility index (Phi) is 4.59. The van der Waals surface area contributed by atoms with Crippen molar-refractivity contribution in [3.8, 4) is 5.75 Å². The topological polar surface area (TPSA) is 68.3 Å². The van der Waals surface area contributed by atoms with E-state index in [0.717, 1.165) is 0 Å². The lowest BCUT2D eigenvalue weighted by atomic mass is 10.3. The summed E-state index contributed by atoms with van der Waals surface area (Å²) in [6.45, 7) is 2.11. The number of rotatable bonds is 5. The number of aromatic amines is 1. The van der Waals surface area contributed by atoms with Gasteiger partial charge in [-0.3, -0.25) is 5.10 Å². The lowest BCUT2D eigenvalue weighted by Crippen LogP contribution is -1.94. The van der Waals surface area contributed by atoms with E-state index in [1.54, 1.807) is 31.3 Å². The van der Waals surface area contributed by atoms with Gasteiger partial charge in [-0.05, 0) is 49.5 Å². The van der Waals surface area contributed by atoms with Gasteiger partial charge in [-0.15, -0.1) is 0 Å². The van der Waals surface area contributed by atoms with Crippen LogP contribution in [-0.4, -0.2) is 21.1 Å². The number of aromatic nitrogens is 3. The van der Waals surface area contributed by atoms with E-state index in [0.29, 0.717) is 39.5 Å². The molecule has 0 amide bonds. The van der Waals surface area contributed by atoms with Crippen LogP contribution in [0.15, 0.2) is 45.9 Å². The molecule has 8 heteroatoms. The number of aryl methyl sites for hydroxylation is 1. The Labute approximate surface area is 142 Å². The molecule has 6 nitrogen and oxygen atoms in total. The maximum atomic E-state index is 5.91. The van der Waals surface area contributed by atoms with Crippen molar-refractivity contribution in [3.63, 3.8) is 0 Å². The van der Waals surface area contributed by atoms with Crippen molar-refractivity contribution in [3.05, 3.63) is 63.5 Å². The van der Waals surface area contributed by atoms with Gasteiger partial charge >= 0.3 is 0 Å². The van der Waals surface area contributed by atoms with Crippen LogP contribution in [-0.2, 0) is 6.61 Å². The van der Waals surface area contributed by atoms with Gasteiger partial charge in [0.15, 0.2) is 0 Å². The van der Waals surface area contributed by atoms with E-state index in [2.05, 4.69) is 15.3 Å². The van der Waals surface area contributed by atoms with Crippen molar-refractivity contribution in [1.82, 2.24) is 14.9 Å². The van der Waals surface area contributed by atoms with E-state index in [1.165, 1.54) is 4.68 Å².